The first-order valence-electron chi connectivity index (χ1n) is 7.98. The Morgan fingerprint density at radius 1 is 1.32 bits per heavy atom. The quantitative estimate of drug-likeness (QED) is 0.820. The molecule has 1 fully saturated rings. The van der Waals surface area contributed by atoms with Gasteiger partial charge < -0.3 is 10.4 Å². The molecule has 0 aromatic heterocycles. The van der Waals surface area contributed by atoms with E-state index in [0.717, 1.165) is 43.6 Å². The highest BCUT2D eigenvalue weighted by atomic mass is 16.3. The van der Waals surface area contributed by atoms with Crippen LogP contribution in [-0.4, -0.2) is 35.1 Å². The van der Waals surface area contributed by atoms with Gasteiger partial charge in [0.2, 0.25) is 5.91 Å². The maximum Gasteiger partial charge on any atom is 0.246 e. The number of amides is 1. The normalized spacial score (nSPS) is 17.5. The van der Waals surface area contributed by atoms with Gasteiger partial charge in [0.15, 0.2) is 0 Å². The van der Waals surface area contributed by atoms with E-state index in [1.165, 1.54) is 5.56 Å². The number of aliphatic hydroxyl groups excluding tert-OH is 1. The second-order valence-electron chi connectivity index (χ2n) is 5.93. The van der Waals surface area contributed by atoms with Gasteiger partial charge in [-0.3, -0.25) is 9.69 Å². The van der Waals surface area contributed by atoms with E-state index in [1.54, 1.807) is 0 Å². The van der Waals surface area contributed by atoms with Crippen molar-refractivity contribution in [3.8, 4) is 0 Å². The van der Waals surface area contributed by atoms with Crippen LogP contribution in [0, 0.1) is 0 Å². The van der Waals surface area contributed by atoms with Crippen molar-refractivity contribution in [3.05, 3.63) is 47.0 Å². The fourth-order valence-corrected chi connectivity index (χ4v) is 2.65. The van der Waals surface area contributed by atoms with E-state index >= 15 is 0 Å². The molecule has 4 nitrogen and oxygen atoms in total. The largest absolute Gasteiger partial charge is 0.393 e. The Hall–Kier alpha value is -1.65. The topological polar surface area (TPSA) is 52.6 Å². The Balaban J connectivity index is 1.96. The van der Waals surface area contributed by atoms with Gasteiger partial charge in [-0.1, -0.05) is 30.3 Å². The summed E-state index contributed by atoms with van der Waals surface area (Å²) in [5.41, 5.74) is 3.14. The number of hydrogen-bond donors (Lipinski definition) is 2. The Morgan fingerprint density at radius 2 is 1.95 bits per heavy atom. The molecular formula is C18H26N2O2. The zero-order chi connectivity index (χ0) is 15.9. The number of likely N-dealkylation sites (tertiary alicyclic amines) is 1. The molecule has 2 rings (SSSR count). The molecule has 1 saturated heterocycles. The number of carbonyl (C=O) groups is 1. The van der Waals surface area contributed by atoms with Gasteiger partial charge in [0.25, 0.3) is 0 Å². The minimum Gasteiger partial charge on any atom is -0.393 e. The molecule has 0 radical (unpaired) electrons. The first kappa shape index (κ1) is 16.7. The molecule has 4 heteroatoms. The number of benzene rings is 1. The minimum atomic E-state index is -0.144. The van der Waals surface area contributed by atoms with Crippen molar-refractivity contribution in [1.29, 1.82) is 0 Å². The molecule has 0 bridgehead atoms. The number of piperidine rings is 1. The number of hydrogen-bond acceptors (Lipinski definition) is 3. The van der Waals surface area contributed by atoms with Crippen molar-refractivity contribution < 1.29 is 9.90 Å². The molecule has 1 aromatic carbocycles. The van der Waals surface area contributed by atoms with Crippen LogP contribution < -0.4 is 5.32 Å². The lowest BCUT2D eigenvalue weighted by molar-refractivity contribution is -0.117. The van der Waals surface area contributed by atoms with E-state index in [4.69, 9.17) is 0 Å². The SMILES string of the molecule is CC=C(C)C(=O)NCc1ccccc1CN1CCC(O)CC1. The average Bonchev–Trinajstić information content (AvgIpc) is 2.55. The molecule has 1 aliphatic rings. The highest BCUT2D eigenvalue weighted by Crippen LogP contribution is 2.16. The summed E-state index contributed by atoms with van der Waals surface area (Å²) in [4.78, 5) is 14.2. The van der Waals surface area contributed by atoms with Gasteiger partial charge in [0, 0.05) is 31.8 Å². The van der Waals surface area contributed by atoms with Crippen molar-refractivity contribution >= 4 is 5.91 Å². The Kier molecular flexibility index (Phi) is 6.16. The van der Waals surface area contributed by atoms with E-state index in [9.17, 15) is 9.90 Å². The van der Waals surface area contributed by atoms with Crippen molar-refractivity contribution in [1.82, 2.24) is 10.2 Å². The molecule has 1 amide bonds. The number of nitrogens with zero attached hydrogens (tertiary/aromatic N) is 1. The van der Waals surface area contributed by atoms with E-state index in [0.29, 0.717) is 6.54 Å². The highest BCUT2D eigenvalue weighted by Gasteiger charge is 2.17. The molecule has 0 spiro atoms. The van der Waals surface area contributed by atoms with Crippen LogP contribution in [-0.2, 0) is 17.9 Å². The molecule has 0 aliphatic carbocycles. The number of carbonyl (C=O) groups excluding carboxylic acids is 1. The first-order valence-corrected chi connectivity index (χ1v) is 7.98. The van der Waals surface area contributed by atoms with Crippen LogP contribution in [0.1, 0.15) is 37.8 Å². The first-order chi connectivity index (χ1) is 10.6. The third kappa shape index (κ3) is 4.68. The van der Waals surface area contributed by atoms with Gasteiger partial charge in [-0.15, -0.1) is 0 Å². The summed E-state index contributed by atoms with van der Waals surface area (Å²) in [6.07, 6.45) is 3.37. The zero-order valence-electron chi connectivity index (χ0n) is 13.5. The molecule has 1 heterocycles. The van der Waals surface area contributed by atoms with Crippen molar-refractivity contribution in [2.75, 3.05) is 13.1 Å². The summed E-state index contributed by atoms with van der Waals surface area (Å²) in [5, 5.41) is 12.6. The minimum absolute atomic E-state index is 0.0154. The lowest BCUT2D eigenvalue weighted by Gasteiger charge is -2.30. The molecule has 2 N–H and O–H groups in total. The Bertz CT molecular complexity index is 532. The molecule has 1 aliphatic heterocycles. The van der Waals surface area contributed by atoms with Gasteiger partial charge in [0.1, 0.15) is 0 Å². The van der Waals surface area contributed by atoms with Crippen LogP contribution in [0.3, 0.4) is 0 Å². The van der Waals surface area contributed by atoms with Crippen LogP contribution in [0.5, 0.6) is 0 Å². The number of nitrogens with one attached hydrogen (secondary N) is 1. The van der Waals surface area contributed by atoms with Gasteiger partial charge in [-0.05, 0) is 37.8 Å². The summed E-state index contributed by atoms with van der Waals surface area (Å²) in [5.74, 6) is -0.0154. The van der Waals surface area contributed by atoms with Crippen molar-refractivity contribution in [2.24, 2.45) is 0 Å². The molecule has 1 aromatic rings. The Morgan fingerprint density at radius 3 is 2.59 bits per heavy atom. The van der Waals surface area contributed by atoms with E-state index in [2.05, 4.69) is 22.3 Å². The fraction of sp³-hybridized carbons (Fsp3) is 0.500. The van der Waals surface area contributed by atoms with Gasteiger partial charge in [-0.25, -0.2) is 0 Å². The molecule has 0 unspecified atom stereocenters. The zero-order valence-corrected chi connectivity index (χ0v) is 13.5. The third-order valence-electron chi connectivity index (χ3n) is 4.30. The van der Waals surface area contributed by atoms with Crippen LogP contribution >= 0.6 is 0 Å². The van der Waals surface area contributed by atoms with Crippen LogP contribution in [0.15, 0.2) is 35.9 Å². The smallest absolute Gasteiger partial charge is 0.246 e. The summed E-state index contributed by atoms with van der Waals surface area (Å²) in [7, 11) is 0. The average molecular weight is 302 g/mol. The highest BCUT2D eigenvalue weighted by molar-refractivity contribution is 5.92. The fourth-order valence-electron chi connectivity index (χ4n) is 2.65. The predicted octanol–water partition coefficient (Wildman–Crippen LogP) is 2.23. The van der Waals surface area contributed by atoms with Crippen LogP contribution in [0.25, 0.3) is 0 Å². The Labute approximate surface area is 132 Å². The summed E-state index contributed by atoms with van der Waals surface area (Å²) >= 11 is 0. The predicted molar refractivity (Wildman–Crippen MR) is 88.2 cm³/mol. The summed E-state index contributed by atoms with van der Waals surface area (Å²) < 4.78 is 0. The lowest BCUT2D eigenvalue weighted by Crippen LogP contribution is -2.35. The lowest BCUT2D eigenvalue weighted by atomic mass is 10.0. The number of aliphatic hydroxyl groups is 1. The third-order valence-corrected chi connectivity index (χ3v) is 4.30. The number of allylic oxidation sites excluding steroid dienone is 1. The van der Waals surface area contributed by atoms with Crippen molar-refractivity contribution in [2.45, 2.75) is 45.9 Å². The maximum absolute atomic E-state index is 11.9. The van der Waals surface area contributed by atoms with Crippen LogP contribution in [0.2, 0.25) is 0 Å². The summed E-state index contributed by atoms with van der Waals surface area (Å²) in [6.45, 7) is 6.98. The standard InChI is InChI=1S/C18H26N2O2/c1-3-14(2)18(22)19-12-15-6-4-5-7-16(15)13-20-10-8-17(21)9-11-20/h3-7,17,21H,8-13H2,1-2H3,(H,19,22). The van der Waals surface area contributed by atoms with E-state index < -0.39 is 0 Å². The molecule has 0 atom stereocenters. The molecular weight excluding hydrogens is 276 g/mol. The van der Waals surface area contributed by atoms with Gasteiger partial charge in [-0.2, -0.15) is 0 Å². The maximum atomic E-state index is 11.9. The van der Waals surface area contributed by atoms with Crippen LogP contribution in [0.4, 0.5) is 0 Å². The second-order valence-corrected chi connectivity index (χ2v) is 5.93. The van der Waals surface area contributed by atoms with Crippen molar-refractivity contribution in [3.63, 3.8) is 0 Å². The summed E-state index contributed by atoms with van der Waals surface area (Å²) in [6, 6.07) is 8.23. The van der Waals surface area contributed by atoms with E-state index in [-0.39, 0.29) is 12.0 Å². The van der Waals surface area contributed by atoms with E-state index in [1.807, 2.05) is 32.1 Å². The molecule has 0 saturated carbocycles. The van der Waals surface area contributed by atoms with Gasteiger partial charge in [0.05, 0.1) is 6.10 Å². The van der Waals surface area contributed by atoms with Gasteiger partial charge >= 0.3 is 0 Å². The molecule has 120 valence electrons. The monoisotopic (exact) mass is 302 g/mol. The second kappa shape index (κ2) is 8.11. The molecule has 22 heavy (non-hydrogen) atoms. The number of rotatable bonds is 5.